The van der Waals surface area contributed by atoms with Crippen LogP contribution < -0.4 is 4.74 Å². The number of rotatable bonds is 3. The van der Waals surface area contributed by atoms with Crippen molar-refractivity contribution < 1.29 is 9.13 Å². The molecule has 2 bridgehead atoms. The minimum atomic E-state index is -0.433. The van der Waals surface area contributed by atoms with E-state index in [0.29, 0.717) is 18.1 Å². The van der Waals surface area contributed by atoms with Crippen LogP contribution in [0.5, 0.6) is 5.75 Å². The third kappa shape index (κ3) is 2.08. The molecule has 1 aromatic rings. The summed E-state index contributed by atoms with van der Waals surface area (Å²) >= 11 is 0. The standard InChI is InChI=1S/C15H16FNO/c16-14-7-11(8-17)2-4-15(14)18-9-13-6-10-1-3-12(13)5-10/h2,4,7,10,12-13H,1,3,5-6,9H2. The zero-order valence-electron chi connectivity index (χ0n) is 10.2. The van der Waals surface area contributed by atoms with Crippen LogP contribution in [-0.2, 0) is 0 Å². The quantitative estimate of drug-likeness (QED) is 0.816. The largest absolute Gasteiger partial charge is 0.490 e. The van der Waals surface area contributed by atoms with Crippen molar-refractivity contribution in [3.8, 4) is 11.8 Å². The number of hydrogen-bond donors (Lipinski definition) is 0. The van der Waals surface area contributed by atoms with Gasteiger partial charge in [-0.25, -0.2) is 4.39 Å². The lowest BCUT2D eigenvalue weighted by Crippen LogP contribution is -2.18. The van der Waals surface area contributed by atoms with Crippen molar-refractivity contribution in [2.75, 3.05) is 6.61 Å². The van der Waals surface area contributed by atoms with Crippen molar-refractivity contribution in [3.05, 3.63) is 29.6 Å². The number of ether oxygens (including phenoxy) is 1. The zero-order valence-corrected chi connectivity index (χ0v) is 10.2. The highest BCUT2D eigenvalue weighted by Crippen LogP contribution is 2.48. The molecule has 2 aliphatic carbocycles. The SMILES string of the molecule is N#Cc1ccc(OCC2CC3CCC2C3)c(F)c1. The Labute approximate surface area is 106 Å². The number of nitrogens with zero attached hydrogens (tertiary/aromatic N) is 1. The normalized spacial score (nSPS) is 29.2. The molecule has 3 heteroatoms. The summed E-state index contributed by atoms with van der Waals surface area (Å²) in [6.45, 7) is 0.615. The van der Waals surface area contributed by atoms with E-state index in [-0.39, 0.29) is 5.75 Å². The second-order valence-corrected chi connectivity index (χ2v) is 5.50. The Hall–Kier alpha value is -1.56. The molecule has 0 radical (unpaired) electrons. The lowest BCUT2D eigenvalue weighted by molar-refractivity contribution is 0.189. The fraction of sp³-hybridized carbons (Fsp3) is 0.533. The highest BCUT2D eigenvalue weighted by atomic mass is 19.1. The Kier molecular flexibility index (Phi) is 2.95. The van der Waals surface area contributed by atoms with Gasteiger partial charge in [-0.1, -0.05) is 6.42 Å². The van der Waals surface area contributed by atoms with Crippen molar-refractivity contribution in [2.24, 2.45) is 17.8 Å². The molecule has 2 fully saturated rings. The molecule has 0 spiro atoms. The van der Waals surface area contributed by atoms with E-state index in [4.69, 9.17) is 10.00 Å². The van der Waals surface area contributed by atoms with Crippen LogP contribution in [0, 0.1) is 34.9 Å². The molecule has 0 aliphatic heterocycles. The van der Waals surface area contributed by atoms with Crippen LogP contribution >= 0.6 is 0 Å². The average molecular weight is 245 g/mol. The van der Waals surface area contributed by atoms with Crippen LogP contribution in [0.3, 0.4) is 0 Å². The van der Waals surface area contributed by atoms with Crippen molar-refractivity contribution >= 4 is 0 Å². The summed E-state index contributed by atoms with van der Waals surface area (Å²) in [7, 11) is 0. The third-order valence-electron chi connectivity index (χ3n) is 4.40. The molecule has 2 nitrogen and oxygen atoms in total. The van der Waals surface area contributed by atoms with E-state index in [1.807, 2.05) is 6.07 Å². The van der Waals surface area contributed by atoms with Gasteiger partial charge in [0.15, 0.2) is 11.6 Å². The van der Waals surface area contributed by atoms with Gasteiger partial charge in [-0.15, -0.1) is 0 Å². The molecule has 0 N–H and O–H groups in total. The maximum absolute atomic E-state index is 13.6. The van der Waals surface area contributed by atoms with Gasteiger partial charge in [-0.3, -0.25) is 0 Å². The first-order chi connectivity index (χ1) is 8.76. The van der Waals surface area contributed by atoms with Gasteiger partial charge >= 0.3 is 0 Å². The van der Waals surface area contributed by atoms with Crippen molar-refractivity contribution in [3.63, 3.8) is 0 Å². The van der Waals surface area contributed by atoms with Gasteiger partial charge in [0.2, 0.25) is 0 Å². The molecule has 0 amide bonds. The van der Waals surface area contributed by atoms with Crippen LogP contribution in [0.4, 0.5) is 4.39 Å². The molecule has 0 saturated heterocycles. The molecule has 1 aromatic carbocycles. The van der Waals surface area contributed by atoms with Gasteiger partial charge in [-0.05, 0) is 55.2 Å². The second-order valence-electron chi connectivity index (χ2n) is 5.50. The number of fused-ring (bicyclic) bond motifs is 2. The van der Waals surface area contributed by atoms with E-state index in [2.05, 4.69) is 0 Å². The Morgan fingerprint density at radius 1 is 1.33 bits per heavy atom. The number of benzene rings is 1. The van der Waals surface area contributed by atoms with Crippen LogP contribution in [0.1, 0.15) is 31.2 Å². The second kappa shape index (κ2) is 4.61. The van der Waals surface area contributed by atoms with Crippen molar-refractivity contribution in [2.45, 2.75) is 25.7 Å². The Morgan fingerprint density at radius 2 is 2.22 bits per heavy atom. The summed E-state index contributed by atoms with van der Waals surface area (Å²) < 4.78 is 19.2. The fourth-order valence-corrected chi connectivity index (χ4v) is 3.46. The van der Waals surface area contributed by atoms with Gasteiger partial charge in [0.1, 0.15) is 0 Å². The Morgan fingerprint density at radius 3 is 2.83 bits per heavy atom. The van der Waals surface area contributed by atoms with E-state index in [1.54, 1.807) is 12.1 Å². The molecule has 3 atom stereocenters. The molecule has 3 unspecified atom stereocenters. The molecule has 2 saturated carbocycles. The van der Waals surface area contributed by atoms with Gasteiger partial charge in [0.25, 0.3) is 0 Å². The molecular weight excluding hydrogens is 229 g/mol. The van der Waals surface area contributed by atoms with Gasteiger partial charge in [0, 0.05) is 0 Å². The first-order valence-corrected chi connectivity index (χ1v) is 6.58. The van der Waals surface area contributed by atoms with E-state index >= 15 is 0 Å². The molecule has 94 valence electrons. The van der Waals surface area contributed by atoms with E-state index in [9.17, 15) is 4.39 Å². The van der Waals surface area contributed by atoms with E-state index in [1.165, 1.54) is 31.7 Å². The topological polar surface area (TPSA) is 33.0 Å². The lowest BCUT2D eigenvalue weighted by Gasteiger charge is -2.21. The first kappa shape index (κ1) is 11.5. The van der Waals surface area contributed by atoms with Crippen LogP contribution in [0.15, 0.2) is 18.2 Å². The van der Waals surface area contributed by atoms with Crippen LogP contribution in [0.2, 0.25) is 0 Å². The third-order valence-corrected chi connectivity index (χ3v) is 4.40. The summed E-state index contributed by atoms with van der Waals surface area (Å²) in [5, 5.41) is 8.67. The Balaban J connectivity index is 1.62. The minimum Gasteiger partial charge on any atom is -0.490 e. The number of nitriles is 1. The Bertz CT molecular complexity index is 494. The minimum absolute atomic E-state index is 0.275. The summed E-state index contributed by atoms with van der Waals surface area (Å²) in [4.78, 5) is 0. The van der Waals surface area contributed by atoms with E-state index < -0.39 is 5.82 Å². The summed E-state index contributed by atoms with van der Waals surface area (Å²) in [6.07, 6.45) is 5.26. The van der Waals surface area contributed by atoms with Gasteiger partial charge in [0.05, 0.1) is 18.2 Å². The van der Waals surface area contributed by atoms with Crippen LogP contribution in [-0.4, -0.2) is 6.61 Å². The molecule has 0 heterocycles. The molecule has 18 heavy (non-hydrogen) atoms. The highest BCUT2D eigenvalue weighted by molar-refractivity contribution is 5.35. The predicted octanol–water partition coefficient (Wildman–Crippen LogP) is 3.51. The zero-order chi connectivity index (χ0) is 12.5. The predicted molar refractivity (Wildman–Crippen MR) is 65.5 cm³/mol. The number of hydrogen-bond acceptors (Lipinski definition) is 2. The van der Waals surface area contributed by atoms with Crippen molar-refractivity contribution in [1.29, 1.82) is 5.26 Å². The van der Waals surface area contributed by atoms with Gasteiger partial charge in [-0.2, -0.15) is 5.26 Å². The fourth-order valence-electron chi connectivity index (χ4n) is 3.46. The number of halogens is 1. The van der Waals surface area contributed by atoms with Crippen LogP contribution in [0.25, 0.3) is 0 Å². The van der Waals surface area contributed by atoms with Gasteiger partial charge < -0.3 is 4.74 Å². The summed E-state index contributed by atoms with van der Waals surface area (Å²) in [5.74, 6) is 2.11. The summed E-state index contributed by atoms with van der Waals surface area (Å²) in [6, 6.07) is 6.30. The van der Waals surface area contributed by atoms with E-state index in [0.717, 1.165) is 11.8 Å². The maximum atomic E-state index is 13.6. The average Bonchev–Trinajstić information content (AvgIpc) is 2.99. The first-order valence-electron chi connectivity index (χ1n) is 6.58. The molecular formula is C15H16FNO. The summed E-state index contributed by atoms with van der Waals surface area (Å²) in [5.41, 5.74) is 0.333. The smallest absolute Gasteiger partial charge is 0.166 e. The monoisotopic (exact) mass is 245 g/mol. The maximum Gasteiger partial charge on any atom is 0.166 e. The van der Waals surface area contributed by atoms with Crippen molar-refractivity contribution in [1.82, 2.24) is 0 Å². The highest BCUT2D eigenvalue weighted by Gasteiger charge is 2.39. The molecule has 2 aliphatic rings. The molecule has 3 rings (SSSR count). The lowest BCUT2D eigenvalue weighted by atomic mass is 9.89. The molecule has 0 aromatic heterocycles.